The topological polar surface area (TPSA) is 158 Å². The molecule has 0 radical (unpaired) electrons. The molecule has 0 saturated carbocycles. The molecule has 0 N–H and O–H groups in total. The number of carbonyl (C=O) groups is 6. The second-order valence-corrected chi connectivity index (χ2v) is 11.3. The summed E-state index contributed by atoms with van der Waals surface area (Å²) in [7, 11) is 2.23. The van der Waals surface area contributed by atoms with E-state index in [2.05, 4.69) is 0 Å². The predicted octanol–water partition coefficient (Wildman–Crippen LogP) is 1.36. The van der Waals surface area contributed by atoms with Gasteiger partial charge in [-0.1, -0.05) is 13.8 Å². The molecule has 1 aromatic carbocycles. The van der Waals surface area contributed by atoms with E-state index in [1.165, 1.54) is 24.3 Å². The summed E-state index contributed by atoms with van der Waals surface area (Å²) in [6.45, 7) is 3.54. The molecule has 39 heavy (non-hydrogen) atoms. The Kier molecular flexibility index (Phi) is 8.16. The Morgan fingerprint density at radius 1 is 0.795 bits per heavy atom. The summed E-state index contributed by atoms with van der Waals surface area (Å²) in [5, 5.41) is -1.87. The molecule has 4 atom stereocenters. The van der Waals surface area contributed by atoms with Crippen molar-refractivity contribution in [3.05, 3.63) is 34.7 Å². The molecule has 0 spiro atoms. The number of carbonyl (C=O) groups excluding carboxylic acids is 6. The Balaban J connectivity index is 1.78. The minimum atomic E-state index is -1.43. The van der Waals surface area contributed by atoms with Crippen molar-refractivity contribution in [2.24, 2.45) is 11.8 Å². The van der Waals surface area contributed by atoms with E-state index in [0.29, 0.717) is 16.4 Å². The van der Waals surface area contributed by atoms with Crippen molar-refractivity contribution in [2.75, 3.05) is 35.5 Å². The van der Waals surface area contributed by atoms with Crippen LogP contribution in [0.25, 0.3) is 11.0 Å². The highest BCUT2D eigenvalue weighted by Gasteiger charge is 2.54. The number of methoxy groups -OCH3 is 2. The molecule has 1 aromatic heterocycles. The van der Waals surface area contributed by atoms with Gasteiger partial charge in [0.25, 0.3) is 0 Å². The lowest BCUT2D eigenvalue weighted by Gasteiger charge is -2.16. The third kappa shape index (κ3) is 4.71. The maximum Gasteiger partial charge on any atom is 0.360 e. The van der Waals surface area contributed by atoms with E-state index in [1.807, 2.05) is 0 Å². The van der Waals surface area contributed by atoms with Gasteiger partial charge in [0.1, 0.15) is 21.8 Å². The van der Waals surface area contributed by atoms with E-state index in [9.17, 15) is 33.6 Å². The fourth-order valence-corrected chi connectivity index (χ4v) is 6.63. The van der Waals surface area contributed by atoms with Crippen molar-refractivity contribution < 1.29 is 42.7 Å². The molecule has 2 aliphatic rings. The van der Waals surface area contributed by atoms with E-state index in [1.54, 1.807) is 13.8 Å². The van der Waals surface area contributed by atoms with Crippen LogP contribution in [0.1, 0.15) is 13.8 Å². The van der Waals surface area contributed by atoms with Crippen LogP contribution in [0.3, 0.4) is 0 Å². The van der Waals surface area contributed by atoms with Gasteiger partial charge in [-0.15, -0.1) is 23.5 Å². The molecule has 4 rings (SSSR count). The lowest BCUT2D eigenvalue weighted by atomic mass is 10.1. The number of nitrogens with zero attached hydrogens (tertiary/aromatic N) is 2. The van der Waals surface area contributed by atoms with Crippen LogP contribution in [0.4, 0.5) is 11.4 Å². The lowest BCUT2D eigenvalue weighted by Crippen LogP contribution is -2.35. The highest BCUT2D eigenvalue weighted by atomic mass is 32.2. The number of benzene rings is 1. The van der Waals surface area contributed by atoms with Crippen molar-refractivity contribution in [1.82, 2.24) is 0 Å². The van der Waals surface area contributed by atoms with Crippen molar-refractivity contribution in [1.29, 1.82) is 0 Å². The van der Waals surface area contributed by atoms with Gasteiger partial charge in [0, 0.05) is 5.39 Å². The molecule has 2 fully saturated rings. The number of imide groups is 2. The smallest absolute Gasteiger partial charge is 0.360 e. The number of anilines is 2. The molecule has 0 aliphatic carbocycles. The SMILES string of the molecule is CCSC1C(=O)N(c2ccc3oc(=O)c(N4C(=O)C(SCC)C(C(=O)OC)C4=O)cc3c2)C(=O)C1C(=O)OC. The van der Waals surface area contributed by atoms with Crippen molar-refractivity contribution in [3.8, 4) is 0 Å². The summed E-state index contributed by atoms with van der Waals surface area (Å²) >= 11 is 2.21. The van der Waals surface area contributed by atoms with Gasteiger partial charge < -0.3 is 13.9 Å². The molecule has 3 heterocycles. The molecule has 14 heteroatoms. The summed E-state index contributed by atoms with van der Waals surface area (Å²) in [6.07, 6.45) is 0. The van der Waals surface area contributed by atoms with Crippen LogP contribution < -0.4 is 15.4 Å². The van der Waals surface area contributed by atoms with Crippen LogP contribution in [0.15, 0.2) is 33.5 Å². The average Bonchev–Trinajstić information content (AvgIpc) is 3.31. The number of hydrogen-bond donors (Lipinski definition) is 0. The first-order valence-corrected chi connectivity index (χ1v) is 13.9. The van der Waals surface area contributed by atoms with Gasteiger partial charge in [0.2, 0.25) is 23.6 Å². The van der Waals surface area contributed by atoms with Crippen LogP contribution in [0.2, 0.25) is 0 Å². The summed E-state index contributed by atoms with van der Waals surface area (Å²) in [5.41, 5.74) is -1.27. The number of rotatable bonds is 8. The van der Waals surface area contributed by atoms with Crippen LogP contribution >= 0.6 is 23.5 Å². The number of hydrogen-bond acceptors (Lipinski definition) is 12. The van der Waals surface area contributed by atoms with E-state index in [-0.39, 0.29) is 16.7 Å². The fraction of sp³-hybridized carbons (Fsp3) is 0.400. The number of amides is 4. The Labute approximate surface area is 230 Å². The highest BCUT2D eigenvalue weighted by Crippen LogP contribution is 2.37. The van der Waals surface area contributed by atoms with Gasteiger partial charge in [0.05, 0.1) is 19.9 Å². The lowest BCUT2D eigenvalue weighted by molar-refractivity contribution is -0.149. The fourth-order valence-electron chi connectivity index (χ4n) is 4.58. The van der Waals surface area contributed by atoms with Gasteiger partial charge in [-0.2, -0.15) is 0 Å². The number of esters is 2. The first-order chi connectivity index (χ1) is 18.6. The van der Waals surface area contributed by atoms with Crippen molar-refractivity contribution in [2.45, 2.75) is 24.3 Å². The zero-order valence-electron chi connectivity index (χ0n) is 21.3. The Morgan fingerprint density at radius 3 is 1.82 bits per heavy atom. The van der Waals surface area contributed by atoms with E-state index < -0.39 is 69.2 Å². The number of thioether (sulfide) groups is 2. The van der Waals surface area contributed by atoms with Gasteiger partial charge >= 0.3 is 17.6 Å². The normalized spacial score (nSPS) is 23.2. The summed E-state index contributed by atoms with van der Waals surface area (Å²) in [5.74, 6) is -6.67. The van der Waals surface area contributed by atoms with Crippen LogP contribution in [0, 0.1) is 11.8 Å². The van der Waals surface area contributed by atoms with Crippen LogP contribution in [-0.2, 0) is 38.2 Å². The Hall–Kier alpha value is -3.65. The minimum absolute atomic E-state index is 0.0543. The number of ether oxygens (including phenoxy) is 2. The second-order valence-electron chi connectivity index (χ2n) is 8.42. The van der Waals surface area contributed by atoms with Gasteiger partial charge in [-0.05, 0) is 35.8 Å². The molecule has 2 aliphatic heterocycles. The molecule has 2 saturated heterocycles. The summed E-state index contributed by atoms with van der Waals surface area (Å²) in [4.78, 5) is 91.6. The highest BCUT2D eigenvalue weighted by molar-refractivity contribution is 8.01. The third-order valence-corrected chi connectivity index (χ3v) is 8.64. The quantitative estimate of drug-likeness (QED) is 0.193. The maximum absolute atomic E-state index is 13.2. The monoisotopic (exact) mass is 576 g/mol. The van der Waals surface area contributed by atoms with E-state index in [0.717, 1.165) is 42.6 Å². The van der Waals surface area contributed by atoms with Crippen molar-refractivity contribution in [3.63, 3.8) is 0 Å². The van der Waals surface area contributed by atoms with Gasteiger partial charge in [-0.25, -0.2) is 14.6 Å². The summed E-state index contributed by atoms with van der Waals surface area (Å²) in [6, 6.07) is 5.31. The average molecular weight is 577 g/mol. The second kappa shape index (κ2) is 11.2. The molecule has 4 amide bonds. The minimum Gasteiger partial charge on any atom is -0.468 e. The Morgan fingerprint density at radius 2 is 1.31 bits per heavy atom. The number of fused-ring (bicyclic) bond motifs is 1. The van der Waals surface area contributed by atoms with Gasteiger partial charge in [0.15, 0.2) is 11.8 Å². The van der Waals surface area contributed by atoms with Gasteiger partial charge in [-0.3, -0.25) is 28.8 Å². The molecule has 12 nitrogen and oxygen atoms in total. The first-order valence-electron chi connectivity index (χ1n) is 11.8. The van der Waals surface area contributed by atoms with E-state index >= 15 is 0 Å². The Bertz CT molecular complexity index is 1450. The molecule has 206 valence electrons. The molecule has 2 aromatic rings. The third-order valence-electron chi connectivity index (χ3n) is 6.31. The first kappa shape index (κ1) is 28.4. The molecule has 4 unspecified atom stereocenters. The van der Waals surface area contributed by atoms with Crippen molar-refractivity contribution >= 4 is 81.4 Å². The van der Waals surface area contributed by atoms with Crippen LogP contribution in [-0.4, -0.2) is 71.8 Å². The molecular formula is C25H24N2O10S2. The van der Waals surface area contributed by atoms with E-state index in [4.69, 9.17) is 13.9 Å². The molecular weight excluding hydrogens is 552 g/mol. The predicted molar refractivity (Wildman–Crippen MR) is 142 cm³/mol. The largest absolute Gasteiger partial charge is 0.468 e. The maximum atomic E-state index is 13.2. The zero-order chi connectivity index (χ0) is 28.6. The summed E-state index contributed by atoms with van der Waals surface area (Å²) < 4.78 is 14.8. The zero-order valence-corrected chi connectivity index (χ0v) is 23.0. The van der Waals surface area contributed by atoms with Crippen LogP contribution in [0.5, 0.6) is 0 Å². The molecule has 0 bridgehead atoms. The standard InChI is InChI=1S/C25H24N2O10S2/c1-5-38-17-15(24(33)35-3)19(28)26(21(17)30)12-7-8-14-11(9-12)10-13(23(32)37-14)27-20(29)16(25(34)36-4)18(22(27)31)39-6-2/h7-10,15-18H,5-6H2,1-4H3.